The molecule has 3 aromatic carbocycles. The van der Waals surface area contributed by atoms with Crippen LogP contribution in [0.1, 0.15) is 0 Å². The van der Waals surface area contributed by atoms with E-state index in [0.29, 0.717) is 16.5 Å². The van der Waals surface area contributed by atoms with Gasteiger partial charge in [0.05, 0.1) is 0 Å². The average Bonchev–Trinajstić information content (AvgIpc) is 2.63. The number of rotatable bonds is 3. The van der Waals surface area contributed by atoms with E-state index in [-0.39, 0.29) is 5.82 Å². The molecule has 4 rings (SSSR count). The molecule has 0 aliphatic heterocycles. The normalized spacial score (nSPS) is 10.8. The average molecular weight is 350 g/mol. The lowest BCUT2D eigenvalue weighted by Gasteiger charge is -2.11. The summed E-state index contributed by atoms with van der Waals surface area (Å²) in [5.41, 5.74) is 2.37. The molecule has 0 spiro atoms. The van der Waals surface area contributed by atoms with E-state index < -0.39 is 0 Å². The van der Waals surface area contributed by atoms with Crippen LogP contribution in [0.5, 0.6) is 0 Å². The Morgan fingerprint density at radius 3 is 2.32 bits per heavy atom. The third-order valence-corrected chi connectivity index (χ3v) is 4.13. The van der Waals surface area contributed by atoms with Gasteiger partial charge in [-0.3, -0.25) is 0 Å². The molecule has 122 valence electrons. The number of anilines is 2. The third kappa shape index (κ3) is 3.16. The smallest absolute Gasteiger partial charge is 0.161 e. The van der Waals surface area contributed by atoms with Gasteiger partial charge in [0.15, 0.2) is 5.82 Å². The highest BCUT2D eigenvalue weighted by molar-refractivity contribution is 6.30. The summed E-state index contributed by atoms with van der Waals surface area (Å²) in [5, 5.41) is 14.5. The lowest BCUT2D eigenvalue weighted by atomic mass is 10.0. The van der Waals surface area contributed by atoms with Gasteiger partial charge in [0.1, 0.15) is 11.5 Å². The highest BCUT2D eigenvalue weighted by atomic mass is 35.5. The molecule has 25 heavy (non-hydrogen) atoms. The van der Waals surface area contributed by atoms with Crippen molar-refractivity contribution in [1.82, 2.24) is 10.2 Å². The molecular weight excluding hydrogens is 337 g/mol. The Hall–Kier alpha value is -2.98. The van der Waals surface area contributed by atoms with Gasteiger partial charge in [0.2, 0.25) is 0 Å². The van der Waals surface area contributed by atoms with Crippen molar-refractivity contribution in [2.75, 3.05) is 5.32 Å². The Morgan fingerprint density at radius 2 is 1.56 bits per heavy atom. The minimum absolute atomic E-state index is 0.278. The quantitative estimate of drug-likeness (QED) is 0.505. The largest absolute Gasteiger partial charge is 0.338 e. The minimum Gasteiger partial charge on any atom is -0.338 e. The van der Waals surface area contributed by atoms with Gasteiger partial charge in [-0.2, -0.15) is 0 Å². The fourth-order valence-electron chi connectivity index (χ4n) is 2.72. The number of nitrogens with zero attached hydrogens (tertiary/aromatic N) is 2. The first-order valence-corrected chi connectivity index (χ1v) is 8.12. The molecule has 5 heteroatoms. The second-order valence-corrected chi connectivity index (χ2v) is 6.02. The fourth-order valence-corrected chi connectivity index (χ4v) is 2.91. The maximum absolute atomic E-state index is 13.2. The summed E-state index contributed by atoms with van der Waals surface area (Å²) in [7, 11) is 0. The molecule has 0 bridgehead atoms. The molecule has 0 amide bonds. The van der Waals surface area contributed by atoms with Gasteiger partial charge >= 0.3 is 0 Å². The van der Waals surface area contributed by atoms with Crippen LogP contribution in [0.4, 0.5) is 15.9 Å². The lowest BCUT2D eigenvalue weighted by Crippen LogP contribution is -1.99. The Kier molecular flexibility index (Phi) is 4.04. The van der Waals surface area contributed by atoms with Crippen molar-refractivity contribution < 1.29 is 4.39 Å². The van der Waals surface area contributed by atoms with Gasteiger partial charge in [0, 0.05) is 27.0 Å². The first kappa shape index (κ1) is 15.5. The predicted octanol–water partition coefficient (Wildman–Crippen LogP) is 5.83. The van der Waals surface area contributed by atoms with Crippen LogP contribution < -0.4 is 5.32 Å². The maximum atomic E-state index is 13.2. The fraction of sp³-hybridized carbons (Fsp3) is 0. The Morgan fingerprint density at radius 1 is 0.800 bits per heavy atom. The van der Waals surface area contributed by atoms with Crippen LogP contribution in [0.25, 0.3) is 22.0 Å². The molecule has 1 heterocycles. The van der Waals surface area contributed by atoms with E-state index in [9.17, 15) is 4.39 Å². The molecule has 0 saturated carbocycles. The van der Waals surface area contributed by atoms with Gasteiger partial charge in [-0.1, -0.05) is 41.9 Å². The number of halogens is 2. The van der Waals surface area contributed by atoms with E-state index in [2.05, 4.69) is 15.5 Å². The molecule has 0 aliphatic carbocycles. The number of hydrogen-bond acceptors (Lipinski definition) is 3. The van der Waals surface area contributed by atoms with Crippen LogP contribution in [0.15, 0.2) is 72.8 Å². The van der Waals surface area contributed by atoms with Crippen molar-refractivity contribution in [2.45, 2.75) is 0 Å². The molecule has 1 aromatic heterocycles. The summed E-state index contributed by atoms with van der Waals surface area (Å²) in [6.07, 6.45) is 0. The predicted molar refractivity (Wildman–Crippen MR) is 99.7 cm³/mol. The molecular formula is C20H13ClFN3. The zero-order valence-corrected chi connectivity index (χ0v) is 13.8. The van der Waals surface area contributed by atoms with Crippen molar-refractivity contribution in [1.29, 1.82) is 0 Å². The summed E-state index contributed by atoms with van der Waals surface area (Å²) >= 11 is 6.04. The molecule has 0 saturated heterocycles. The molecule has 0 radical (unpaired) electrons. The molecule has 4 aromatic rings. The van der Waals surface area contributed by atoms with Gasteiger partial charge in [-0.15, -0.1) is 10.2 Å². The summed E-state index contributed by atoms with van der Waals surface area (Å²) in [6.45, 7) is 0. The number of fused-ring (bicyclic) bond motifs is 1. The van der Waals surface area contributed by atoms with E-state index >= 15 is 0 Å². The van der Waals surface area contributed by atoms with Crippen LogP contribution in [-0.2, 0) is 0 Å². The maximum Gasteiger partial charge on any atom is 0.161 e. The van der Waals surface area contributed by atoms with Crippen LogP contribution in [0, 0.1) is 5.82 Å². The van der Waals surface area contributed by atoms with Crippen molar-refractivity contribution >= 4 is 33.9 Å². The van der Waals surface area contributed by atoms with Crippen LogP contribution in [0.2, 0.25) is 5.02 Å². The Labute approximate surface area is 149 Å². The van der Waals surface area contributed by atoms with Crippen molar-refractivity contribution in [3.8, 4) is 11.3 Å². The lowest BCUT2D eigenvalue weighted by molar-refractivity contribution is 0.628. The van der Waals surface area contributed by atoms with Gasteiger partial charge in [0.25, 0.3) is 0 Å². The van der Waals surface area contributed by atoms with Gasteiger partial charge in [-0.05, 0) is 42.5 Å². The van der Waals surface area contributed by atoms with Gasteiger partial charge in [-0.25, -0.2) is 4.39 Å². The SMILES string of the molecule is Fc1ccc(-c2nnc(Nc3cccc(Cl)c3)c3ccccc23)cc1. The number of benzene rings is 3. The first-order valence-electron chi connectivity index (χ1n) is 7.75. The van der Waals surface area contributed by atoms with E-state index in [1.165, 1.54) is 12.1 Å². The van der Waals surface area contributed by atoms with E-state index in [4.69, 9.17) is 11.6 Å². The van der Waals surface area contributed by atoms with Crippen LogP contribution in [0.3, 0.4) is 0 Å². The number of hydrogen-bond donors (Lipinski definition) is 1. The number of nitrogens with one attached hydrogen (secondary N) is 1. The Bertz CT molecular complexity index is 1050. The van der Waals surface area contributed by atoms with Crippen molar-refractivity contribution in [3.05, 3.63) is 83.6 Å². The summed E-state index contributed by atoms with van der Waals surface area (Å²) in [6, 6.07) is 21.5. The summed E-state index contributed by atoms with van der Waals surface area (Å²) < 4.78 is 13.2. The standard InChI is InChI=1S/C20H13ClFN3/c21-14-4-3-5-16(12-14)23-20-18-7-2-1-6-17(18)19(24-25-20)13-8-10-15(22)11-9-13/h1-12H,(H,23,25). The second-order valence-electron chi connectivity index (χ2n) is 5.59. The second kappa shape index (κ2) is 6.49. The highest BCUT2D eigenvalue weighted by Crippen LogP contribution is 2.31. The minimum atomic E-state index is -0.278. The van der Waals surface area contributed by atoms with E-state index in [0.717, 1.165) is 22.0 Å². The van der Waals surface area contributed by atoms with Crippen molar-refractivity contribution in [2.24, 2.45) is 0 Å². The summed E-state index contributed by atoms with van der Waals surface area (Å²) in [4.78, 5) is 0. The first-order chi connectivity index (χ1) is 12.2. The molecule has 1 N–H and O–H groups in total. The number of aromatic nitrogens is 2. The zero-order valence-electron chi connectivity index (χ0n) is 13.1. The Balaban J connectivity index is 1.83. The van der Waals surface area contributed by atoms with E-state index in [1.54, 1.807) is 12.1 Å². The van der Waals surface area contributed by atoms with Crippen LogP contribution in [-0.4, -0.2) is 10.2 Å². The molecule has 0 atom stereocenters. The van der Waals surface area contributed by atoms with E-state index in [1.807, 2.05) is 48.5 Å². The molecule has 0 aliphatic rings. The molecule has 0 fully saturated rings. The highest BCUT2D eigenvalue weighted by Gasteiger charge is 2.11. The molecule has 0 unspecified atom stereocenters. The topological polar surface area (TPSA) is 37.8 Å². The summed E-state index contributed by atoms with van der Waals surface area (Å²) in [5.74, 6) is 0.365. The van der Waals surface area contributed by atoms with Crippen LogP contribution >= 0.6 is 11.6 Å². The molecule has 3 nitrogen and oxygen atoms in total. The van der Waals surface area contributed by atoms with Crippen molar-refractivity contribution in [3.63, 3.8) is 0 Å². The monoisotopic (exact) mass is 349 g/mol. The van der Waals surface area contributed by atoms with Gasteiger partial charge < -0.3 is 5.32 Å². The third-order valence-electron chi connectivity index (χ3n) is 3.89. The zero-order chi connectivity index (χ0) is 17.2.